The fourth-order valence-electron chi connectivity index (χ4n) is 2.97. The van der Waals surface area contributed by atoms with E-state index in [1.54, 1.807) is 23.5 Å². The number of halogens is 2. The molecule has 0 aliphatic rings. The van der Waals surface area contributed by atoms with Crippen LogP contribution < -0.4 is 10.2 Å². The van der Waals surface area contributed by atoms with Crippen LogP contribution in [-0.2, 0) is 11.3 Å². The van der Waals surface area contributed by atoms with Crippen LogP contribution in [0.2, 0.25) is 5.02 Å². The number of carbonyl (C=O) groups excluding carboxylic acids is 1. The highest BCUT2D eigenvalue weighted by Crippen LogP contribution is 2.25. The predicted octanol–water partition coefficient (Wildman–Crippen LogP) is 3.46. The van der Waals surface area contributed by atoms with Gasteiger partial charge in [0.2, 0.25) is 0 Å². The van der Waals surface area contributed by atoms with Crippen molar-refractivity contribution in [3.05, 3.63) is 92.9 Å². The molecule has 2 N–H and O–H groups in total. The molecule has 0 saturated carbocycles. The summed E-state index contributed by atoms with van der Waals surface area (Å²) in [5, 5.41) is 5.49. The van der Waals surface area contributed by atoms with E-state index in [4.69, 9.17) is 11.6 Å². The quantitative estimate of drug-likeness (QED) is 0.622. The van der Waals surface area contributed by atoms with Gasteiger partial charge in [0.15, 0.2) is 6.54 Å². The molecule has 0 aliphatic heterocycles. The Morgan fingerprint density at radius 2 is 1.93 bits per heavy atom. The van der Waals surface area contributed by atoms with Crippen LogP contribution in [-0.4, -0.2) is 19.5 Å². The average molecular weight is 404 g/mol. The van der Waals surface area contributed by atoms with E-state index in [9.17, 15) is 9.18 Å². The largest absolute Gasteiger partial charge is 0.339 e. The lowest BCUT2D eigenvalue weighted by Crippen LogP contribution is -3.09. The minimum absolute atomic E-state index is 0.0952. The van der Waals surface area contributed by atoms with E-state index < -0.39 is 0 Å². The van der Waals surface area contributed by atoms with E-state index in [1.807, 2.05) is 54.9 Å². The van der Waals surface area contributed by atoms with Crippen molar-refractivity contribution in [2.45, 2.75) is 12.6 Å². The van der Waals surface area contributed by atoms with Gasteiger partial charge in [0, 0.05) is 4.88 Å². The highest BCUT2D eigenvalue weighted by atomic mass is 35.5. The first-order valence-corrected chi connectivity index (χ1v) is 9.92. The van der Waals surface area contributed by atoms with Crippen LogP contribution in [0, 0.1) is 5.82 Å². The molecular weight excluding hydrogens is 383 g/mol. The molecule has 0 fully saturated rings. The van der Waals surface area contributed by atoms with E-state index in [0.29, 0.717) is 17.1 Å². The van der Waals surface area contributed by atoms with Crippen molar-refractivity contribution in [3.63, 3.8) is 0 Å². The second-order valence-corrected chi connectivity index (χ2v) is 7.82. The summed E-state index contributed by atoms with van der Waals surface area (Å²) in [5.41, 5.74) is 1.46. The molecule has 3 nitrogen and oxygen atoms in total. The van der Waals surface area contributed by atoms with Gasteiger partial charge >= 0.3 is 0 Å². The number of quaternary nitrogens is 1. The summed E-state index contributed by atoms with van der Waals surface area (Å²) < 4.78 is 14.0. The van der Waals surface area contributed by atoms with Crippen molar-refractivity contribution in [3.8, 4) is 0 Å². The minimum atomic E-state index is -0.344. The molecule has 0 radical (unpaired) electrons. The molecule has 3 rings (SSSR count). The van der Waals surface area contributed by atoms with Gasteiger partial charge in [0.1, 0.15) is 12.4 Å². The van der Waals surface area contributed by atoms with Gasteiger partial charge in [-0.2, -0.15) is 0 Å². The van der Waals surface area contributed by atoms with Crippen molar-refractivity contribution in [2.24, 2.45) is 0 Å². The number of amides is 1. The first kappa shape index (κ1) is 19.5. The number of likely N-dealkylation sites (N-methyl/N-ethyl adjacent to an activating group) is 1. The Morgan fingerprint density at radius 1 is 1.15 bits per heavy atom. The topological polar surface area (TPSA) is 33.5 Å². The Bertz CT molecular complexity index is 866. The Morgan fingerprint density at radius 3 is 2.59 bits per heavy atom. The fourth-order valence-corrected chi connectivity index (χ4v) is 4.00. The summed E-state index contributed by atoms with van der Waals surface area (Å²) >= 11 is 7.69. The van der Waals surface area contributed by atoms with Crippen LogP contribution in [0.5, 0.6) is 0 Å². The molecule has 1 amide bonds. The van der Waals surface area contributed by atoms with Crippen LogP contribution in [0.25, 0.3) is 0 Å². The van der Waals surface area contributed by atoms with Crippen LogP contribution in [0.15, 0.2) is 66.0 Å². The summed E-state index contributed by atoms with van der Waals surface area (Å²) in [6, 6.07) is 18.3. The van der Waals surface area contributed by atoms with E-state index in [1.165, 1.54) is 6.07 Å². The molecule has 6 heteroatoms. The number of benzene rings is 2. The molecule has 1 heterocycles. The maximum Gasteiger partial charge on any atom is 0.275 e. The monoisotopic (exact) mass is 403 g/mol. The van der Waals surface area contributed by atoms with Gasteiger partial charge in [-0.15, -0.1) is 11.3 Å². The maximum atomic E-state index is 14.0. The number of hydrogen-bond acceptors (Lipinski definition) is 2. The summed E-state index contributed by atoms with van der Waals surface area (Å²) in [5.74, 6) is -0.440. The van der Waals surface area contributed by atoms with Crippen molar-refractivity contribution in [1.29, 1.82) is 0 Å². The van der Waals surface area contributed by atoms with Crippen molar-refractivity contribution in [2.75, 3.05) is 13.6 Å². The zero-order valence-corrected chi connectivity index (χ0v) is 16.5. The molecule has 2 atom stereocenters. The first-order chi connectivity index (χ1) is 13.0. The molecule has 27 heavy (non-hydrogen) atoms. The van der Waals surface area contributed by atoms with Crippen LogP contribution in [0.1, 0.15) is 22.0 Å². The third kappa shape index (κ3) is 5.16. The Hall–Kier alpha value is -2.21. The molecule has 0 bridgehead atoms. The van der Waals surface area contributed by atoms with Crippen molar-refractivity contribution >= 4 is 28.8 Å². The van der Waals surface area contributed by atoms with Crippen LogP contribution in [0.3, 0.4) is 0 Å². The van der Waals surface area contributed by atoms with Gasteiger partial charge in [-0.05, 0) is 29.1 Å². The predicted molar refractivity (Wildman–Crippen MR) is 108 cm³/mol. The lowest BCUT2D eigenvalue weighted by atomic mass is 10.1. The third-order valence-electron chi connectivity index (χ3n) is 4.27. The summed E-state index contributed by atoms with van der Waals surface area (Å²) in [6.07, 6.45) is 0. The number of nitrogens with one attached hydrogen (secondary N) is 2. The van der Waals surface area contributed by atoms with Gasteiger partial charge < -0.3 is 10.2 Å². The highest BCUT2D eigenvalue weighted by molar-refractivity contribution is 7.10. The lowest BCUT2D eigenvalue weighted by molar-refractivity contribution is -0.885. The van der Waals surface area contributed by atoms with Gasteiger partial charge in [-0.1, -0.05) is 54.1 Å². The summed E-state index contributed by atoms with van der Waals surface area (Å²) in [6.45, 7) is 0.563. The normalized spacial score (nSPS) is 13.1. The second-order valence-electron chi connectivity index (χ2n) is 6.44. The minimum Gasteiger partial charge on any atom is -0.339 e. The van der Waals surface area contributed by atoms with Crippen molar-refractivity contribution in [1.82, 2.24) is 5.32 Å². The van der Waals surface area contributed by atoms with Crippen LogP contribution in [0.4, 0.5) is 4.39 Å². The lowest BCUT2D eigenvalue weighted by Gasteiger charge is -2.20. The Kier molecular flexibility index (Phi) is 6.61. The zero-order valence-electron chi connectivity index (χ0n) is 14.9. The first-order valence-electron chi connectivity index (χ1n) is 8.66. The summed E-state index contributed by atoms with van der Waals surface area (Å²) in [7, 11) is 1.85. The number of carbonyl (C=O) groups is 1. The van der Waals surface area contributed by atoms with Gasteiger partial charge in [0.05, 0.1) is 23.7 Å². The molecular formula is C21H21ClFN2OS+. The van der Waals surface area contributed by atoms with Crippen LogP contribution >= 0.6 is 22.9 Å². The van der Waals surface area contributed by atoms with E-state index in [-0.39, 0.29) is 24.3 Å². The van der Waals surface area contributed by atoms with Gasteiger partial charge in [0.25, 0.3) is 5.91 Å². The van der Waals surface area contributed by atoms with E-state index in [2.05, 4.69) is 5.32 Å². The summed E-state index contributed by atoms with van der Waals surface area (Å²) in [4.78, 5) is 14.6. The highest BCUT2D eigenvalue weighted by Gasteiger charge is 2.21. The fraction of sp³-hybridized carbons (Fsp3) is 0.190. The second kappa shape index (κ2) is 9.13. The number of thiophene rings is 1. The molecule has 1 unspecified atom stereocenters. The standard InChI is InChI=1S/C21H20ClFN2OS/c1-25(13-16-17(22)9-5-10-18(16)23)14-20(26)24-21(19-11-6-12-27-19)15-7-3-2-4-8-15/h2-12,21H,13-14H2,1H3,(H,24,26)/p+1/t21-/m1/s1. The Balaban J connectivity index is 1.68. The van der Waals surface area contributed by atoms with Gasteiger partial charge in [-0.25, -0.2) is 4.39 Å². The Labute approximate surface area is 167 Å². The third-order valence-corrected chi connectivity index (χ3v) is 5.56. The number of hydrogen-bond donors (Lipinski definition) is 2. The molecule has 0 spiro atoms. The molecule has 0 aliphatic carbocycles. The maximum absolute atomic E-state index is 14.0. The van der Waals surface area contributed by atoms with E-state index in [0.717, 1.165) is 15.3 Å². The molecule has 140 valence electrons. The SMILES string of the molecule is C[NH+](CC(=O)N[C@H](c1ccccc1)c1cccs1)Cc1c(F)cccc1Cl. The van der Waals surface area contributed by atoms with Gasteiger partial charge in [-0.3, -0.25) is 4.79 Å². The van der Waals surface area contributed by atoms with E-state index >= 15 is 0 Å². The molecule has 3 aromatic rings. The molecule has 2 aromatic carbocycles. The smallest absolute Gasteiger partial charge is 0.275 e. The zero-order chi connectivity index (χ0) is 19.2. The average Bonchev–Trinajstić information content (AvgIpc) is 3.18. The van der Waals surface area contributed by atoms with Crippen molar-refractivity contribution < 1.29 is 14.1 Å². The molecule has 0 saturated heterocycles. The number of rotatable bonds is 7. The molecule has 1 aromatic heterocycles.